The van der Waals surface area contributed by atoms with Gasteiger partial charge in [0.05, 0.1) is 0 Å². The van der Waals surface area contributed by atoms with Crippen LogP contribution in [0.1, 0.15) is 39.5 Å². The highest BCUT2D eigenvalue weighted by Crippen LogP contribution is 2.55. The summed E-state index contributed by atoms with van der Waals surface area (Å²) in [6.07, 6.45) is 1.94. The summed E-state index contributed by atoms with van der Waals surface area (Å²) in [6, 6.07) is 0.683. The van der Waals surface area contributed by atoms with E-state index in [9.17, 15) is 24.3 Å². The van der Waals surface area contributed by atoms with Crippen molar-refractivity contribution in [1.82, 2.24) is 0 Å². The Labute approximate surface area is 115 Å². The first-order chi connectivity index (χ1) is 8.52. The van der Waals surface area contributed by atoms with Gasteiger partial charge in [-0.25, -0.2) is 4.79 Å². The van der Waals surface area contributed by atoms with Crippen LogP contribution in [0.5, 0.6) is 0 Å². The molecule has 8 heteroatoms. The van der Waals surface area contributed by atoms with Crippen molar-refractivity contribution < 1.29 is 28.7 Å². The van der Waals surface area contributed by atoms with Crippen molar-refractivity contribution in [1.29, 1.82) is 0 Å². The van der Waals surface area contributed by atoms with Gasteiger partial charge in [0.1, 0.15) is 0 Å². The van der Waals surface area contributed by atoms with Crippen LogP contribution >= 0.6 is 7.60 Å². The highest BCUT2D eigenvalue weighted by Gasteiger charge is 2.57. The van der Waals surface area contributed by atoms with Gasteiger partial charge in [0.15, 0.2) is 8.32 Å². The van der Waals surface area contributed by atoms with Crippen molar-refractivity contribution in [2.45, 2.75) is 64.0 Å². The molecule has 0 aromatic rings. The second kappa shape index (κ2) is 6.99. The van der Waals surface area contributed by atoms with Gasteiger partial charge < -0.3 is 19.3 Å². The molecule has 6 nitrogen and oxygen atoms in total. The van der Waals surface area contributed by atoms with Gasteiger partial charge in [-0.2, -0.15) is 0 Å². The van der Waals surface area contributed by atoms with Gasteiger partial charge >= 0.3 is 13.6 Å². The lowest BCUT2D eigenvalue weighted by Gasteiger charge is -2.37. The molecule has 0 spiro atoms. The van der Waals surface area contributed by atoms with Crippen molar-refractivity contribution in [3.8, 4) is 0 Å². The van der Waals surface area contributed by atoms with Crippen LogP contribution in [0.15, 0.2) is 0 Å². The maximum Gasteiger partial charge on any atom is 0.367 e. The Morgan fingerprint density at radius 2 is 1.79 bits per heavy atom. The summed E-state index contributed by atoms with van der Waals surface area (Å²) in [6.45, 7) is 7.28. The molecule has 0 bridgehead atoms. The minimum atomic E-state index is -4.90. The van der Waals surface area contributed by atoms with Crippen LogP contribution in [0.25, 0.3) is 0 Å². The lowest BCUT2D eigenvalue weighted by atomic mass is 10.2. The van der Waals surface area contributed by atoms with Crippen LogP contribution in [0.3, 0.4) is 0 Å². The second-order valence-corrected chi connectivity index (χ2v) is 11.4. The summed E-state index contributed by atoms with van der Waals surface area (Å²) in [7, 11) is -7.34. The standard InChI is InChI=1S/C11H25O6PSi/c1-5-7-9-19(3,4)17-11(8-6-2,10(12)13)18(14,15)16/h5-9H2,1-4H3,(H,12,13)(H2,14,15,16). The number of carboxylic acid groups (broad SMARTS) is 1. The molecule has 0 aliphatic rings. The number of hydrogen-bond donors (Lipinski definition) is 3. The summed E-state index contributed by atoms with van der Waals surface area (Å²) in [5, 5.41) is 6.90. The SMILES string of the molecule is CCCC[Si](C)(C)OC(CCC)(C(=O)O)P(=O)(O)O. The Morgan fingerprint density at radius 3 is 2.11 bits per heavy atom. The number of hydrogen-bond acceptors (Lipinski definition) is 3. The summed E-state index contributed by atoms with van der Waals surface area (Å²) >= 11 is 0. The van der Waals surface area contributed by atoms with E-state index in [0.717, 1.165) is 12.8 Å². The zero-order chi connectivity index (χ0) is 15.3. The topological polar surface area (TPSA) is 104 Å². The first kappa shape index (κ1) is 18.8. The Kier molecular flexibility index (Phi) is 6.92. The van der Waals surface area contributed by atoms with E-state index in [-0.39, 0.29) is 6.42 Å². The number of aliphatic carboxylic acids is 1. The third kappa shape index (κ3) is 5.00. The first-order valence-corrected chi connectivity index (χ1v) is 11.2. The summed E-state index contributed by atoms with van der Waals surface area (Å²) < 4.78 is 17.2. The fraction of sp³-hybridized carbons (Fsp3) is 0.909. The normalized spacial score (nSPS) is 16.1. The summed E-state index contributed by atoms with van der Waals surface area (Å²) in [5.41, 5.74) is 0. The van der Waals surface area contributed by atoms with Gasteiger partial charge in [-0.05, 0) is 25.6 Å². The van der Waals surface area contributed by atoms with Crippen molar-refractivity contribution >= 4 is 21.9 Å². The van der Waals surface area contributed by atoms with Crippen LogP contribution in [0.2, 0.25) is 19.1 Å². The molecule has 0 aliphatic carbocycles. The summed E-state index contributed by atoms with van der Waals surface area (Å²) in [4.78, 5) is 30.3. The molecule has 19 heavy (non-hydrogen) atoms. The van der Waals surface area contributed by atoms with E-state index in [2.05, 4.69) is 0 Å². The molecule has 0 saturated carbocycles. The lowest BCUT2D eigenvalue weighted by molar-refractivity contribution is -0.150. The predicted molar refractivity (Wildman–Crippen MR) is 75.6 cm³/mol. The Morgan fingerprint density at radius 1 is 1.26 bits per heavy atom. The molecule has 0 aliphatic heterocycles. The van der Waals surface area contributed by atoms with Crippen LogP contribution in [0.4, 0.5) is 0 Å². The molecular weight excluding hydrogens is 287 g/mol. The minimum absolute atomic E-state index is 0.185. The number of carboxylic acids is 1. The van der Waals surface area contributed by atoms with Gasteiger partial charge in [-0.3, -0.25) is 4.57 Å². The quantitative estimate of drug-likeness (QED) is 0.447. The van der Waals surface area contributed by atoms with Crippen LogP contribution in [0, 0.1) is 0 Å². The molecule has 0 saturated heterocycles. The molecule has 1 unspecified atom stereocenters. The lowest BCUT2D eigenvalue weighted by Crippen LogP contribution is -2.49. The van der Waals surface area contributed by atoms with E-state index >= 15 is 0 Å². The molecule has 0 amide bonds. The zero-order valence-electron chi connectivity index (χ0n) is 12.0. The van der Waals surface area contributed by atoms with E-state index in [4.69, 9.17) is 4.43 Å². The van der Waals surface area contributed by atoms with E-state index in [0.29, 0.717) is 12.5 Å². The Bertz CT molecular complexity index is 353. The van der Waals surface area contributed by atoms with Crippen LogP contribution in [-0.2, 0) is 13.8 Å². The smallest absolute Gasteiger partial charge is 0.367 e. The van der Waals surface area contributed by atoms with Gasteiger partial charge in [0.25, 0.3) is 5.34 Å². The third-order valence-corrected chi connectivity index (χ3v) is 7.05. The fourth-order valence-electron chi connectivity index (χ4n) is 1.98. The molecule has 3 N–H and O–H groups in total. The van der Waals surface area contributed by atoms with E-state index < -0.39 is 27.2 Å². The number of carbonyl (C=O) groups is 1. The van der Waals surface area contributed by atoms with Crippen molar-refractivity contribution in [2.75, 3.05) is 0 Å². The first-order valence-electron chi connectivity index (χ1n) is 6.51. The van der Waals surface area contributed by atoms with Gasteiger partial charge in [0.2, 0.25) is 0 Å². The second-order valence-electron chi connectivity index (χ2n) is 5.35. The Hall–Kier alpha value is -0.203. The molecule has 0 aromatic heterocycles. The number of unbranched alkanes of at least 4 members (excludes halogenated alkanes) is 1. The predicted octanol–water partition coefficient (Wildman–Crippen LogP) is 2.77. The van der Waals surface area contributed by atoms with Crippen molar-refractivity contribution in [2.24, 2.45) is 0 Å². The van der Waals surface area contributed by atoms with E-state index in [1.165, 1.54) is 0 Å². The maximum absolute atomic E-state index is 11.6. The molecule has 0 heterocycles. The van der Waals surface area contributed by atoms with Crippen molar-refractivity contribution in [3.63, 3.8) is 0 Å². The monoisotopic (exact) mass is 312 g/mol. The third-order valence-electron chi connectivity index (χ3n) is 2.97. The molecular formula is C11H25O6PSi. The van der Waals surface area contributed by atoms with Crippen LogP contribution < -0.4 is 0 Å². The zero-order valence-corrected chi connectivity index (χ0v) is 13.9. The molecule has 0 rings (SSSR count). The summed E-state index contributed by atoms with van der Waals surface area (Å²) in [5.74, 6) is -1.57. The molecule has 0 fully saturated rings. The molecule has 114 valence electrons. The van der Waals surface area contributed by atoms with Crippen LogP contribution in [-0.4, -0.2) is 34.5 Å². The average Bonchev–Trinajstić information content (AvgIpc) is 2.23. The maximum atomic E-state index is 11.6. The van der Waals surface area contributed by atoms with E-state index in [1.54, 1.807) is 20.0 Å². The highest BCUT2D eigenvalue weighted by molar-refractivity contribution is 7.54. The molecule has 0 aromatic carbocycles. The minimum Gasteiger partial charge on any atom is -0.479 e. The van der Waals surface area contributed by atoms with Crippen molar-refractivity contribution in [3.05, 3.63) is 0 Å². The fourth-order valence-corrected chi connectivity index (χ4v) is 6.37. The molecule has 0 radical (unpaired) electrons. The molecule has 1 atom stereocenters. The van der Waals surface area contributed by atoms with Gasteiger partial charge in [-0.1, -0.05) is 33.1 Å². The largest absolute Gasteiger partial charge is 0.479 e. The Balaban J connectivity index is 5.37. The van der Waals surface area contributed by atoms with Gasteiger partial charge in [0, 0.05) is 0 Å². The average molecular weight is 312 g/mol. The number of rotatable bonds is 9. The van der Waals surface area contributed by atoms with Gasteiger partial charge in [-0.15, -0.1) is 0 Å². The highest BCUT2D eigenvalue weighted by atomic mass is 31.2. The van der Waals surface area contributed by atoms with E-state index in [1.807, 2.05) is 6.92 Å².